The monoisotopic (exact) mass is 389 g/mol. The Balaban J connectivity index is 1.73. The quantitative estimate of drug-likeness (QED) is 0.667. The highest BCUT2D eigenvalue weighted by Gasteiger charge is 2.13. The SMILES string of the molecule is Cc1ccnn1-c1ccc(C(=O)N(C)Cc2ccc(Br)s2)cc1. The second-order valence-electron chi connectivity index (χ2n) is 5.30. The number of thiophene rings is 1. The number of halogens is 1. The number of benzene rings is 1. The van der Waals surface area contributed by atoms with Gasteiger partial charge >= 0.3 is 0 Å². The molecule has 0 atom stereocenters. The van der Waals surface area contributed by atoms with Crippen molar-refractivity contribution < 1.29 is 4.79 Å². The molecule has 23 heavy (non-hydrogen) atoms. The minimum atomic E-state index is 0.0123. The van der Waals surface area contributed by atoms with Crippen molar-refractivity contribution in [3.8, 4) is 5.69 Å². The first kappa shape index (κ1) is 16.0. The van der Waals surface area contributed by atoms with E-state index in [1.54, 1.807) is 22.4 Å². The van der Waals surface area contributed by atoms with E-state index >= 15 is 0 Å². The molecule has 2 heterocycles. The molecule has 0 saturated carbocycles. The van der Waals surface area contributed by atoms with Crippen LogP contribution in [0.5, 0.6) is 0 Å². The average Bonchev–Trinajstić information content (AvgIpc) is 3.15. The largest absolute Gasteiger partial charge is 0.337 e. The molecule has 0 radical (unpaired) electrons. The van der Waals surface area contributed by atoms with Gasteiger partial charge in [-0.05, 0) is 65.3 Å². The van der Waals surface area contributed by atoms with Gasteiger partial charge in [-0.1, -0.05) is 0 Å². The van der Waals surface area contributed by atoms with Crippen molar-refractivity contribution in [2.75, 3.05) is 7.05 Å². The molecule has 3 aromatic rings. The maximum absolute atomic E-state index is 12.5. The number of aromatic nitrogens is 2. The summed E-state index contributed by atoms with van der Waals surface area (Å²) < 4.78 is 2.92. The Labute approximate surface area is 147 Å². The van der Waals surface area contributed by atoms with E-state index in [1.807, 2.05) is 61.1 Å². The van der Waals surface area contributed by atoms with Crippen molar-refractivity contribution in [2.24, 2.45) is 0 Å². The third-order valence-corrected chi connectivity index (χ3v) is 5.17. The van der Waals surface area contributed by atoms with E-state index in [1.165, 1.54) is 0 Å². The number of rotatable bonds is 4. The lowest BCUT2D eigenvalue weighted by Crippen LogP contribution is -2.25. The zero-order valence-corrected chi connectivity index (χ0v) is 15.3. The maximum atomic E-state index is 12.5. The van der Waals surface area contributed by atoms with E-state index in [0.717, 1.165) is 20.0 Å². The van der Waals surface area contributed by atoms with E-state index in [2.05, 4.69) is 21.0 Å². The molecule has 2 aromatic heterocycles. The molecule has 0 bridgehead atoms. The van der Waals surface area contributed by atoms with Crippen molar-refractivity contribution in [2.45, 2.75) is 13.5 Å². The lowest BCUT2D eigenvalue weighted by atomic mass is 10.2. The smallest absolute Gasteiger partial charge is 0.253 e. The average molecular weight is 390 g/mol. The third-order valence-electron chi connectivity index (χ3n) is 3.56. The normalized spacial score (nSPS) is 10.7. The second kappa shape index (κ2) is 6.68. The van der Waals surface area contributed by atoms with Crippen LogP contribution >= 0.6 is 27.3 Å². The lowest BCUT2D eigenvalue weighted by Gasteiger charge is -2.16. The van der Waals surface area contributed by atoms with Crippen LogP contribution in [-0.2, 0) is 6.54 Å². The fraction of sp³-hybridized carbons (Fsp3) is 0.176. The van der Waals surface area contributed by atoms with Crippen LogP contribution < -0.4 is 0 Å². The van der Waals surface area contributed by atoms with Crippen LogP contribution in [0, 0.1) is 6.92 Å². The molecule has 0 aliphatic carbocycles. The highest BCUT2D eigenvalue weighted by Crippen LogP contribution is 2.23. The second-order valence-corrected chi connectivity index (χ2v) is 7.85. The van der Waals surface area contributed by atoms with Gasteiger partial charge in [-0.15, -0.1) is 11.3 Å². The van der Waals surface area contributed by atoms with Crippen LogP contribution in [0.1, 0.15) is 20.9 Å². The minimum absolute atomic E-state index is 0.0123. The number of hydrogen-bond acceptors (Lipinski definition) is 3. The standard InChI is InChI=1S/C17H16BrN3OS/c1-12-9-10-19-21(12)14-5-3-13(4-6-14)17(22)20(2)11-15-7-8-16(18)23-15/h3-10H,11H2,1-2H3. The predicted molar refractivity (Wildman–Crippen MR) is 96.1 cm³/mol. The Morgan fingerprint density at radius 2 is 1.96 bits per heavy atom. The van der Waals surface area contributed by atoms with Crippen LogP contribution in [0.3, 0.4) is 0 Å². The first-order valence-corrected chi connectivity index (χ1v) is 8.76. The molecule has 0 aliphatic heterocycles. The molecule has 0 spiro atoms. The topological polar surface area (TPSA) is 38.1 Å². The molecule has 1 aromatic carbocycles. The van der Waals surface area contributed by atoms with Crippen molar-refractivity contribution in [1.82, 2.24) is 14.7 Å². The Morgan fingerprint density at radius 1 is 1.22 bits per heavy atom. The van der Waals surface area contributed by atoms with Gasteiger partial charge in [0.25, 0.3) is 5.91 Å². The van der Waals surface area contributed by atoms with Gasteiger partial charge < -0.3 is 4.90 Å². The van der Waals surface area contributed by atoms with Crippen LogP contribution in [0.4, 0.5) is 0 Å². The minimum Gasteiger partial charge on any atom is -0.337 e. The van der Waals surface area contributed by atoms with Crippen LogP contribution in [-0.4, -0.2) is 27.6 Å². The van der Waals surface area contributed by atoms with E-state index < -0.39 is 0 Å². The zero-order valence-electron chi connectivity index (χ0n) is 12.9. The maximum Gasteiger partial charge on any atom is 0.253 e. The van der Waals surface area contributed by atoms with Crippen LogP contribution in [0.25, 0.3) is 5.69 Å². The third kappa shape index (κ3) is 3.54. The Hall–Kier alpha value is -1.92. The summed E-state index contributed by atoms with van der Waals surface area (Å²) in [6.07, 6.45) is 1.77. The number of hydrogen-bond donors (Lipinski definition) is 0. The van der Waals surface area contributed by atoms with Crippen LogP contribution in [0.2, 0.25) is 0 Å². The molecule has 4 nitrogen and oxygen atoms in total. The number of amides is 1. The van der Waals surface area contributed by atoms with Gasteiger partial charge in [0.1, 0.15) is 0 Å². The summed E-state index contributed by atoms with van der Waals surface area (Å²) in [5.74, 6) is 0.0123. The zero-order chi connectivity index (χ0) is 16.4. The predicted octanol–water partition coefficient (Wildman–Crippen LogP) is 4.28. The first-order valence-electron chi connectivity index (χ1n) is 7.15. The molecule has 0 unspecified atom stereocenters. The number of aryl methyl sites for hydroxylation is 1. The fourth-order valence-corrected chi connectivity index (χ4v) is 3.88. The van der Waals surface area contributed by atoms with Crippen LogP contribution in [0.15, 0.2) is 52.4 Å². The molecule has 0 N–H and O–H groups in total. The van der Waals surface area contributed by atoms with Gasteiger partial charge in [0.2, 0.25) is 0 Å². The molecule has 6 heteroatoms. The molecule has 0 fully saturated rings. The highest BCUT2D eigenvalue weighted by molar-refractivity contribution is 9.11. The van der Waals surface area contributed by atoms with E-state index in [0.29, 0.717) is 12.1 Å². The van der Waals surface area contributed by atoms with Crippen molar-refractivity contribution >= 4 is 33.2 Å². The first-order chi connectivity index (χ1) is 11.0. The Morgan fingerprint density at radius 3 is 2.52 bits per heavy atom. The summed E-state index contributed by atoms with van der Waals surface area (Å²) in [6, 6.07) is 13.5. The van der Waals surface area contributed by atoms with Gasteiger partial charge in [0.15, 0.2) is 0 Å². The fourth-order valence-electron chi connectivity index (χ4n) is 2.35. The number of carbonyl (C=O) groups excluding carboxylic acids is 1. The summed E-state index contributed by atoms with van der Waals surface area (Å²) in [4.78, 5) is 15.4. The lowest BCUT2D eigenvalue weighted by molar-refractivity contribution is 0.0786. The van der Waals surface area contributed by atoms with Gasteiger partial charge in [-0.3, -0.25) is 4.79 Å². The summed E-state index contributed by atoms with van der Waals surface area (Å²) in [5.41, 5.74) is 2.69. The molecule has 3 rings (SSSR count). The summed E-state index contributed by atoms with van der Waals surface area (Å²) in [7, 11) is 1.82. The summed E-state index contributed by atoms with van der Waals surface area (Å²) in [6.45, 7) is 2.61. The molecule has 1 amide bonds. The van der Waals surface area contributed by atoms with Gasteiger partial charge in [-0.2, -0.15) is 5.10 Å². The van der Waals surface area contributed by atoms with Gasteiger partial charge in [0, 0.05) is 29.4 Å². The Kier molecular flexibility index (Phi) is 4.63. The summed E-state index contributed by atoms with van der Waals surface area (Å²) >= 11 is 5.09. The Bertz CT molecular complexity index is 822. The van der Waals surface area contributed by atoms with E-state index in [4.69, 9.17) is 0 Å². The molecule has 118 valence electrons. The van der Waals surface area contributed by atoms with E-state index in [-0.39, 0.29) is 5.91 Å². The van der Waals surface area contributed by atoms with Crippen molar-refractivity contribution in [1.29, 1.82) is 0 Å². The molecule has 0 aliphatic rings. The van der Waals surface area contributed by atoms with Crippen molar-refractivity contribution in [3.63, 3.8) is 0 Å². The van der Waals surface area contributed by atoms with Gasteiger partial charge in [-0.25, -0.2) is 4.68 Å². The molecular formula is C17H16BrN3OS. The van der Waals surface area contributed by atoms with E-state index in [9.17, 15) is 4.79 Å². The highest BCUT2D eigenvalue weighted by atomic mass is 79.9. The molecular weight excluding hydrogens is 374 g/mol. The molecule has 0 saturated heterocycles. The number of carbonyl (C=O) groups is 1. The summed E-state index contributed by atoms with van der Waals surface area (Å²) in [5, 5.41) is 4.27. The van der Waals surface area contributed by atoms with Crippen molar-refractivity contribution in [3.05, 3.63) is 68.6 Å². The number of nitrogens with zero attached hydrogens (tertiary/aromatic N) is 3. The van der Waals surface area contributed by atoms with Gasteiger partial charge in [0.05, 0.1) is 16.0 Å².